The van der Waals surface area contributed by atoms with Gasteiger partial charge >= 0.3 is 12.1 Å². The van der Waals surface area contributed by atoms with E-state index >= 15 is 0 Å². The minimum Gasteiger partial charge on any atom is -0.507 e. The number of pyridine rings is 1. The van der Waals surface area contributed by atoms with E-state index in [0.29, 0.717) is 27.9 Å². The number of carboxylic acid groups (broad SMARTS) is 1. The van der Waals surface area contributed by atoms with Gasteiger partial charge in [-0.2, -0.15) is 13.2 Å². The lowest BCUT2D eigenvalue weighted by Gasteiger charge is -2.17. The van der Waals surface area contributed by atoms with E-state index in [-0.39, 0.29) is 40.1 Å². The number of nitrogens with zero attached hydrogens (tertiary/aromatic N) is 1. The summed E-state index contributed by atoms with van der Waals surface area (Å²) in [4.78, 5) is 29.0. The lowest BCUT2D eigenvalue weighted by atomic mass is 9.91. The minimum absolute atomic E-state index is 0.153. The van der Waals surface area contributed by atoms with Gasteiger partial charge in [0.15, 0.2) is 5.78 Å². The minimum atomic E-state index is -4.64. The smallest absolute Gasteiger partial charge is 0.418 e. The molecule has 0 atom stereocenters. The molecule has 4 aromatic carbocycles. The third kappa shape index (κ3) is 5.22. The molecule has 0 aliphatic heterocycles. The van der Waals surface area contributed by atoms with Gasteiger partial charge < -0.3 is 15.5 Å². The Morgan fingerprint density at radius 2 is 1.60 bits per heavy atom. The number of carbonyl (C=O) groups excluding carboxylic acids is 1. The average molecular weight is 543 g/mol. The molecule has 0 saturated heterocycles. The molecule has 0 unspecified atom stereocenters. The number of benzene rings is 4. The summed E-state index contributed by atoms with van der Waals surface area (Å²) in [5, 5.41) is 22.4. The van der Waals surface area contributed by atoms with Crippen LogP contribution in [-0.4, -0.2) is 26.9 Å². The number of para-hydroxylation sites is 1. The van der Waals surface area contributed by atoms with Gasteiger partial charge in [0.1, 0.15) is 11.3 Å². The standard InChI is InChI=1S/C31H21F3N2O4/c32-31(33,34)25-11-5-10-22-27(24(17-36-28(22)25)29(38)19-6-2-1-3-7-19)20-8-4-9-21(15-20)35-16-18-12-13-26(37)23(14-18)30(39)40/h1-15,17,35,37H,16H2,(H,39,40). The first-order valence-corrected chi connectivity index (χ1v) is 12.1. The number of carboxylic acids is 1. The maximum atomic E-state index is 13.8. The number of halogens is 3. The molecule has 5 rings (SSSR count). The average Bonchev–Trinajstić information content (AvgIpc) is 2.95. The summed E-state index contributed by atoms with van der Waals surface area (Å²) in [5.74, 6) is -2.00. The zero-order chi connectivity index (χ0) is 28.4. The van der Waals surface area contributed by atoms with Crippen molar-refractivity contribution >= 4 is 28.3 Å². The molecule has 40 heavy (non-hydrogen) atoms. The number of aromatic nitrogens is 1. The molecule has 0 radical (unpaired) electrons. The van der Waals surface area contributed by atoms with Gasteiger partial charge in [-0.15, -0.1) is 0 Å². The lowest BCUT2D eigenvalue weighted by molar-refractivity contribution is -0.136. The van der Waals surface area contributed by atoms with Gasteiger partial charge in [0.05, 0.1) is 11.1 Å². The molecule has 0 aliphatic rings. The maximum absolute atomic E-state index is 13.8. The SMILES string of the molecule is O=C(O)c1cc(CNc2cccc(-c3c(C(=O)c4ccccc4)cnc4c(C(F)(F)F)cccc34)c2)ccc1O. The second-order valence-electron chi connectivity index (χ2n) is 9.03. The highest BCUT2D eigenvalue weighted by atomic mass is 19.4. The van der Waals surface area contributed by atoms with Crippen LogP contribution in [0.2, 0.25) is 0 Å². The third-order valence-corrected chi connectivity index (χ3v) is 6.42. The molecular weight excluding hydrogens is 521 g/mol. The summed E-state index contributed by atoms with van der Waals surface area (Å²) < 4.78 is 41.5. The molecule has 0 amide bonds. The van der Waals surface area contributed by atoms with Gasteiger partial charge in [0, 0.05) is 40.5 Å². The van der Waals surface area contributed by atoms with Gasteiger partial charge in [-0.05, 0) is 41.5 Å². The number of rotatable bonds is 7. The van der Waals surface area contributed by atoms with E-state index in [1.165, 1.54) is 30.5 Å². The summed E-state index contributed by atoms with van der Waals surface area (Å²) in [6.07, 6.45) is -3.46. The largest absolute Gasteiger partial charge is 0.507 e. The Balaban J connectivity index is 1.61. The number of hydrogen-bond acceptors (Lipinski definition) is 5. The summed E-state index contributed by atoms with van der Waals surface area (Å²) in [6, 6.07) is 23.2. The van der Waals surface area contributed by atoms with Crippen molar-refractivity contribution in [1.82, 2.24) is 4.98 Å². The fourth-order valence-corrected chi connectivity index (χ4v) is 4.53. The van der Waals surface area contributed by atoms with Gasteiger partial charge in [-0.3, -0.25) is 9.78 Å². The van der Waals surface area contributed by atoms with Gasteiger partial charge in [-0.25, -0.2) is 4.79 Å². The Hall–Kier alpha value is -5.18. The summed E-state index contributed by atoms with van der Waals surface area (Å²) in [5.41, 5.74) is 1.09. The van der Waals surface area contributed by atoms with Gasteiger partial charge in [0.2, 0.25) is 0 Å². The Labute approximate surface area is 226 Å². The molecule has 0 fully saturated rings. The first-order chi connectivity index (χ1) is 19.1. The first kappa shape index (κ1) is 26.4. The monoisotopic (exact) mass is 542 g/mol. The fraction of sp³-hybridized carbons (Fsp3) is 0.0645. The molecule has 0 bridgehead atoms. The van der Waals surface area contributed by atoms with Crippen LogP contribution >= 0.6 is 0 Å². The first-order valence-electron chi connectivity index (χ1n) is 12.1. The third-order valence-electron chi connectivity index (χ3n) is 6.42. The number of aromatic carboxylic acids is 1. The van der Waals surface area contributed by atoms with Crippen LogP contribution in [-0.2, 0) is 12.7 Å². The van der Waals surface area contributed by atoms with Crippen molar-refractivity contribution in [2.75, 3.05) is 5.32 Å². The number of ketones is 1. The Bertz CT molecular complexity index is 1750. The number of alkyl halides is 3. The molecule has 1 aromatic heterocycles. The second-order valence-corrected chi connectivity index (χ2v) is 9.03. The number of hydrogen-bond donors (Lipinski definition) is 3. The van der Waals surface area contributed by atoms with Crippen LogP contribution in [0.3, 0.4) is 0 Å². The molecular formula is C31H21F3N2O4. The molecule has 200 valence electrons. The zero-order valence-electron chi connectivity index (χ0n) is 20.7. The van der Waals surface area contributed by atoms with Gasteiger partial charge in [0.25, 0.3) is 0 Å². The highest BCUT2D eigenvalue weighted by molar-refractivity contribution is 6.16. The van der Waals surface area contributed by atoms with Crippen molar-refractivity contribution in [2.24, 2.45) is 0 Å². The van der Waals surface area contributed by atoms with Crippen molar-refractivity contribution in [3.8, 4) is 16.9 Å². The highest BCUT2D eigenvalue weighted by Crippen LogP contribution is 2.39. The fourth-order valence-electron chi connectivity index (χ4n) is 4.53. The van der Waals surface area contributed by atoms with Crippen molar-refractivity contribution in [3.05, 3.63) is 125 Å². The number of nitrogens with one attached hydrogen (secondary N) is 1. The van der Waals surface area contributed by atoms with E-state index in [4.69, 9.17) is 0 Å². The second kappa shape index (κ2) is 10.5. The molecule has 6 nitrogen and oxygen atoms in total. The quantitative estimate of drug-likeness (QED) is 0.189. The van der Waals surface area contributed by atoms with Crippen molar-refractivity contribution < 1.29 is 33.0 Å². The van der Waals surface area contributed by atoms with Crippen LogP contribution in [0.15, 0.2) is 97.2 Å². The van der Waals surface area contributed by atoms with Crippen LogP contribution in [0.1, 0.15) is 37.4 Å². The molecule has 0 aliphatic carbocycles. The van der Waals surface area contributed by atoms with Crippen LogP contribution in [0.4, 0.5) is 18.9 Å². The topological polar surface area (TPSA) is 99.5 Å². The van der Waals surface area contributed by atoms with E-state index in [1.54, 1.807) is 60.7 Å². The lowest BCUT2D eigenvalue weighted by Crippen LogP contribution is -2.09. The van der Waals surface area contributed by atoms with E-state index in [1.807, 2.05) is 0 Å². The van der Waals surface area contributed by atoms with E-state index in [9.17, 15) is 33.0 Å². The predicted octanol–water partition coefficient (Wildman–Crippen LogP) is 7.17. The number of fused-ring (bicyclic) bond motifs is 1. The van der Waals surface area contributed by atoms with Crippen molar-refractivity contribution in [1.29, 1.82) is 0 Å². The van der Waals surface area contributed by atoms with Crippen LogP contribution in [0.5, 0.6) is 5.75 Å². The highest BCUT2D eigenvalue weighted by Gasteiger charge is 2.34. The van der Waals surface area contributed by atoms with E-state index < -0.39 is 17.7 Å². The van der Waals surface area contributed by atoms with Gasteiger partial charge in [-0.1, -0.05) is 60.7 Å². The summed E-state index contributed by atoms with van der Waals surface area (Å²) >= 11 is 0. The zero-order valence-corrected chi connectivity index (χ0v) is 20.7. The molecule has 3 N–H and O–H groups in total. The molecule has 1 heterocycles. The number of anilines is 1. The van der Waals surface area contributed by atoms with Crippen molar-refractivity contribution in [2.45, 2.75) is 12.7 Å². The van der Waals surface area contributed by atoms with E-state index in [2.05, 4.69) is 10.3 Å². The normalized spacial score (nSPS) is 11.4. The van der Waals surface area contributed by atoms with E-state index in [0.717, 1.165) is 6.07 Å². The number of phenols is 1. The molecule has 9 heteroatoms. The summed E-state index contributed by atoms with van der Waals surface area (Å²) in [6.45, 7) is 0.204. The Kier molecular flexibility index (Phi) is 6.96. The van der Waals surface area contributed by atoms with Crippen LogP contribution < -0.4 is 5.32 Å². The number of aromatic hydroxyl groups is 1. The molecule has 5 aromatic rings. The predicted molar refractivity (Wildman–Crippen MR) is 144 cm³/mol. The van der Waals surface area contributed by atoms with Crippen molar-refractivity contribution in [3.63, 3.8) is 0 Å². The Morgan fingerprint density at radius 3 is 2.33 bits per heavy atom. The maximum Gasteiger partial charge on any atom is 0.418 e. The molecule has 0 saturated carbocycles. The van der Waals surface area contributed by atoms with Crippen LogP contribution in [0.25, 0.3) is 22.0 Å². The van der Waals surface area contributed by atoms with Crippen LogP contribution in [0, 0.1) is 0 Å². The Morgan fingerprint density at radius 1 is 0.850 bits per heavy atom. The molecule has 0 spiro atoms. The summed E-state index contributed by atoms with van der Waals surface area (Å²) in [7, 11) is 0. The number of carbonyl (C=O) groups is 2.